The van der Waals surface area contributed by atoms with E-state index in [2.05, 4.69) is 39.9 Å². The van der Waals surface area contributed by atoms with Crippen molar-refractivity contribution in [2.45, 2.75) is 12.5 Å². The number of hydrogen-bond donors (Lipinski definition) is 3. The van der Waals surface area contributed by atoms with E-state index in [9.17, 15) is 14.4 Å². The molecule has 4 rings (SSSR count). The molecule has 0 saturated carbocycles. The molecule has 0 radical (unpaired) electrons. The summed E-state index contributed by atoms with van der Waals surface area (Å²) in [4.78, 5) is 39.3. The van der Waals surface area contributed by atoms with Gasteiger partial charge in [-0.05, 0) is 22.3 Å². The van der Waals surface area contributed by atoms with Crippen LogP contribution in [0.1, 0.15) is 31.7 Å². The van der Waals surface area contributed by atoms with Crippen molar-refractivity contribution in [1.29, 1.82) is 0 Å². The third-order valence-electron chi connectivity index (χ3n) is 5.15. The average molecular weight is 464 g/mol. The number of nitrogens with one attached hydrogen (secondary N) is 2. The highest BCUT2D eigenvalue weighted by Crippen LogP contribution is 2.44. The summed E-state index contributed by atoms with van der Waals surface area (Å²) in [6.07, 6.45) is 3.14. The van der Waals surface area contributed by atoms with Gasteiger partial charge in [0, 0.05) is 18.5 Å². The maximum absolute atomic E-state index is 12.3. The Balaban J connectivity index is 1.28. The van der Waals surface area contributed by atoms with Gasteiger partial charge in [0.2, 0.25) is 0 Å². The smallest absolute Gasteiger partial charge is 0.407 e. The van der Waals surface area contributed by atoms with Gasteiger partial charge in [-0.15, -0.1) is 11.3 Å². The number of thiazole rings is 1. The van der Waals surface area contributed by atoms with E-state index in [1.807, 2.05) is 24.3 Å². The number of carbonyl (C=O) groups is 3. The van der Waals surface area contributed by atoms with Crippen LogP contribution < -0.4 is 10.6 Å². The van der Waals surface area contributed by atoms with Gasteiger partial charge in [-0.1, -0.05) is 54.6 Å². The van der Waals surface area contributed by atoms with Gasteiger partial charge in [0.15, 0.2) is 0 Å². The lowest BCUT2D eigenvalue weighted by atomic mass is 9.98. The maximum atomic E-state index is 12.3. The minimum Gasteiger partial charge on any atom is -0.478 e. The molecule has 33 heavy (non-hydrogen) atoms. The van der Waals surface area contributed by atoms with Gasteiger partial charge < -0.3 is 20.5 Å². The molecule has 1 aromatic heterocycles. The van der Waals surface area contributed by atoms with Crippen molar-refractivity contribution in [3.05, 3.63) is 87.9 Å². The quantitative estimate of drug-likeness (QED) is 0.440. The van der Waals surface area contributed by atoms with Crippen LogP contribution in [0.3, 0.4) is 0 Å². The molecular formula is C24H21N3O5S. The number of benzene rings is 2. The number of carbonyl (C=O) groups excluding carboxylic acids is 2. The van der Waals surface area contributed by atoms with Crippen molar-refractivity contribution in [1.82, 2.24) is 15.6 Å². The molecule has 1 aliphatic carbocycles. The number of amides is 2. The van der Waals surface area contributed by atoms with E-state index in [4.69, 9.17) is 9.84 Å². The highest BCUT2D eigenvalue weighted by atomic mass is 32.1. The van der Waals surface area contributed by atoms with Crippen molar-refractivity contribution in [2.24, 2.45) is 0 Å². The second kappa shape index (κ2) is 10.1. The van der Waals surface area contributed by atoms with Crippen molar-refractivity contribution >= 4 is 29.3 Å². The van der Waals surface area contributed by atoms with E-state index in [-0.39, 0.29) is 31.5 Å². The highest BCUT2D eigenvalue weighted by molar-refractivity contribution is 7.13. The molecule has 1 aliphatic rings. The van der Waals surface area contributed by atoms with Gasteiger partial charge in [-0.3, -0.25) is 4.79 Å². The summed E-state index contributed by atoms with van der Waals surface area (Å²) in [7, 11) is 0. The van der Waals surface area contributed by atoms with E-state index in [0.29, 0.717) is 9.88 Å². The molecule has 168 valence electrons. The zero-order chi connectivity index (χ0) is 23.2. The Morgan fingerprint density at radius 1 is 1.03 bits per heavy atom. The molecule has 0 spiro atoms. The number of alkyl carbamates (subject to hydrolysis) is 1. The van der Waals surface area contributed by atoms with Crippen LogP contribution in [0, 0.1) is 0 Å². The third kappa shape index (κ3) is 5.27. The molecule has 0 aliphatic heterocycles. The first kappa shape index (κ1) is 22.2. The van der Waals surface area contributed by atoms with E-state index in [1.54, 1.807) is 0 Å². The third-order valence-corrected chi connectivity index (χ3v) is 6.14. The van der Waals surface area contributed by atoms with Crippen LogP contribution in [-0.2, 0) is 16.1 Å². The van der Waals surface area contributed by atoms with Crippen molar-refractivity contribution in [3.8, 4) is 11.1 Å². The number of aliphatic carboxylic acids is 1. The normalized spacial score (nSPS) is 12.2. The minimum absolute atomic E-state index is 0.0199. The van der Waals surface area contributed by atoms with Crippen molar-refractivity contribution in [2.75, 3.05) is 13.2 Å². The number of carboxylic acid groups (broad SMARTS) is 1. The Morgan fingerprint density at radius 2 is 1.70 bits per heavy atom. The maximum Gasteiger partial charge on any atom is 0.407 e. The number of carboxylic acids is 1. The Morgan fingerprint density at radius 3 is 2.36 bits per heavy atom. The molecule has 2 amide bonds. The Labute approximate surface area is 193 Å². The minimum atomic E-state index is -1.08. The molecule has 0 saturated heterocycles. The number of hydrogen-bond acceptors (Lipinski definition) is 6. The molecular weight excluding hydrogens is 442 g/mol. The van der Waals surface area contributed by atoms with Crippen LogP contribution in [0.5, 0.6) is 0 Å². The summed E-state index contributed by atoms with van der Waals surface area (Å²) in [6.45, 7) is 0.444. The fourth-order valence-electron chi connectivity index (χ4n) is 3.69. The number of ether oxygens (including phenoxy) is 1. The fraction of sp³-hybridized carbons (Fsp3) is 0.167. The summed E-state index contributed by atoms with van der Waals surface area (Å²) in [5.41, 5.74) is 4.60. The molecule has 0 bridgehead atoms. The van der Waals surface area contributed by atoms with E-state index in [0.717, 1.165) is 39.7 Å². The fourth-order valence-corrected chi connectivity index (χ4v) is 4.47. The topological polar surface area (TPSA) is 118 Å². The summed E-state index contributed by atoms with van der Waals surface area (Å²) in [5, 5.41) is 14.3. The first-order chi connectivity index (χ1) is 16.0. The molecule has 3 N–H and O–H groups in total. The SMILES string of the molecule is O=C(O)/C=C/CNC(=O)c1cnc(CNC(=O)OCC2c3ccccc3-c3ccccc32)s1. The standard InChI is InChI=1S/C24H21N3O5S/c28-22(29)10-5-11-25-23(30)20-12-26-21(33-20)13-27-24(31)32-14-19-17-8-3-1-6-15(17)16-7-2-4-9-18(16)19/h1-10,12,19H,11,13-14H2,(H,25,30)(H,27,31)(H,28,29)/b10-5+. The van der Waals surface area contributed by atoms with E-state index in [1.165, 1.54) is 12.3 Å². The van der Waals surface area contributed by atoms with Crippen molar-refractivity contribution < 1.29 is 24.2 Å². The lowest BCUT2D eigenvalue weighted by Gasteiger charge is -2.14. The molecule has 9 heteroatoms. The second-order valence-electron chi connectivity index (χ2n) is 7.25. The van der Waals surface area contributed by atoms with Crippen LogP contribution in [0.25, 0.3) is 11.1 Å². The lowest BCUT2D eigenvalue weighted by Crippen LogP contribution is -2.25. The second-order valence-corrected chi connectivity index (χ2v) is 8.36. The number of fused-ring (bicyclic) bond motifs is 3. The predicted molar refractivity (Wildman–Crippen MR) is 123 cm³/mol. The van der Waals surface area contributed by atoms with E-state index >= 15 is 0 Å². The van der Waals surface area contributed by atoms with Gasteiger partial charge in [-0.25, -0.2) is 14.6 Å². The van der Waals surface area contributed by atoms with Crippen LogP contribution >= 0.6 is 11.3 Å². The van der Waals surface area contributed by atoms with Crippen LogP contribution in [0.15, 0.2) is 66.9 Å². The van der Waals surface area contributed by atoms with Crippen molar-refractivity contribution in [3.63, 3.8) is 0 Å². The molecule has 0 fully saturated rings. The number of nitrogens with zero attached hydrogens (tertiary/aromatic N) is 1. The van der Waals surface area contributed by atoms with Crippen LogP contribution in [-0.4, -0.2) is 41.2 Å². The van der Waals surface area contributed by atoms with Crippen LogP contribution in [0.2, 0.25) is 0 Å². The molecule has 8 nitrogen and oxygen atoms in total. The molecule has 1 heterocycles. The first-order valence-electron chi connectivity index (χ1n) is 10.2. The molecule has 0 atom stereocenters. The molecule has 3 aromatic rings. The zero-order valence-corrected chi connectivity index (χ0v) is 18.3. The summed E-state index contributed by atoms with van der Waals surface area (Å²) < 4.78 is 5.49. The Hall–Kier alpha value is -3.98. The highest BCUT2D eigenvalue weighted by Gasteiger charge is 2.29. The summed E-state index contributed by atoms with van der Waals surface area (Å²) in [6, 6.07) is 16.2. The van der Waals surface area contributed by atoms with Gasteiger partial charge in [-0.2, -0.15) is 0 Å². The van der Waals surface area contributed by atoms with E-state index < -0.39 is 12.1 Å². The summed E-state index contributed by atoms with van der Waals surface area (Å²) >= 11 is 1.14. The van der Waals surface area contributed by atoms with Gasteiger partial charge >= 0.3 is 12.1 Å². The lowest BCUT2D eigenvalue weighted by molar-refractivity contribution is -0.131. The molecule has 0 unspecified atom stereocenters. The Bertz CT molecular complexity index is 1170. The monoisotopic (exact) mass is 463 g/mol. The Kier molecular flexibility index (Phi) is 6.80. The first-order valence-corrected chi connectivity index (χ1v) is 11.1. The average Bonchev–Trinajstić information content (AvgIpc) is 3.42. The van der Waals surface area contributed by atoms with Crippen LogP contribution in [0.4, 0.5) is 4.79 Å². The van der Waals surface area contributed by atoms with Gasteiger partial charge in [0.25, 0.3) is 5.91 Å². The predicted octanol–water partition coefficient (Wildman–Crippen LogP) is 3.55. The summed E-state index contributed by atoms with van der Waals surface area (Å²) in [5.74, 6) is -1.47. The molecule has 2 aromatic carbocycles. The zero-order valence-electron chi connectivity index (χ0n) is 17.5. The largest absolute Gasteiger partial charge is 0.478 e. The van der Waals surface area contributed by atoms with Gasteiger partial charge in [0.1, 0.15) is 16.5 Å². The number of rotatable bonds is 8. The number of aromatic nitrogens is 1. The van der Waals surface area contributed by atoms with Gasteiger partial charge in [0.05, 0.1) is 12.7 Å².